The fourth-order valence-corrected chi connectivity index (χ4v) is 2.63. The molecule has 13 heavy (non-hydrogen) atoms. The zero-order valence-electron chi connectivity index (χ0n) is 7.77. The van der Waals surface area contributed by atoms with Crippen LogP contribution in [0.3, 0.4) is 0 Å². The van der Waals surface area contributed by atoms with Crippen LogP contribution in [0.4, 0.5) is 4.39 Å². The molecule has 4 heteroatoms. The van der Waals surface area contributed by atoms with Crippen molar-refractivity contribution in [1.82, 2.24) is 5.32 Å². The Morgan fingerprint density at radius 1 is 1.62 bits per heavy atom. The molecule has 0 saturated heterocycles. The molecule has 0 radical (unpaired) electrons. The summed E-state index contributed by atoms with van der Waals surface area (Å²) in [6, 6.07) is -0.509. The van der Waals surface area contributed by atoms with Crippen LogP contribution >= 0.6 is 0 Å². The lowest BCUT2D eigenvalue weighted by atomic mass is 9.40. The molecule has 0 aromatic heterocycles. The second-order valence-corrected chi connectivity index (χ2v) is 4.42. The number of carbonyl (C=O) groups is 1. The highest BCUT2D eigenvalue weighted by Gasteiger charge is 2.72. The summed E-state index contributed by atoms with van der Waals surface area (Å²) in [6.07, 6.45) is 1.45. The van der Waals surface area contributed by atoms with Gasteiger partial charge >= 0.3 is 0 Å². The minimum Gasteiger partial charge on any atom is -0.355 e. The van der Waals surface area contributed by atoms with Gasteiger partial charge in [-0.05, 0) is 26.2 Å². The Kier molecular flexibility index (Phi) is 1.68. The Balaban J connectivity index is 1.92. The fourth-order valence-electron chi connectivity index (χ4n) is 2.63. The topological polar surface area (TPSA) is 55.1 Å². The van der Waals surface area contributed by atoms with Crippen molar-refractivity contribution in [3.05, 3.63) is 0 Å². The molecule has 3 aliphatic carbocycles. The van der Waals surface area contributed by atoms with Crippen molar-refractivity contribution in [3.8, 4) is 0 Å². The predicted octanol–water partition coefficient (Wildman–Crippen LogP) is 0.342. The van der Waals surface area contributed by atoms with Crippen molar-refractivity contribution < 1.29 is 9.18 Å². The fraction of sp³-hybridized carbons (Fsp3) is 0.889. The Morgan fingerprint density at radius 3 is 2.54 bits per heavy atom. The van der Waals surface area contributed by atoms with E-state index in [0.29, 0.717) is 25.8 Å². The molecule has 2 bridgehead atoms. The molecular formula is C9H15FN2O. The van der Waals surface area contributed by atoms with Gasteiger partial charge in [0.25, 0.3) is 0 Å². The molecule has 3 saturated carbocycles. The molecule has 1 atom stereocenters. The van der Waals surface area contributed by atoms with Crippen molar-refractivity contribution in [2.45, 2.75) is 37.9 Å². The first-order valence-corrected chi connectivity index (χ1v) is 4.74. The van der Waals surface area contributed by atoms with E-state index in [1.807, 2.05) is 6.92 Å². The first-order chi connectivity index (χ1) is 6.01. The standard InChI is InChI=1S/C9H15FN2O/c1-2-12-7(13)6(11)8-3-9(10,4-8)5-8/h6H,2-5,11H2,1H3,(H,12,13)/t6-,8?,9?/m0/s1. The third-order valence-corrected chi connectivity index (χ3v) is 3.30. The van der Waals surface area contributed by atoms with Crippen LogP contribution in [0.2, 0.25) is 0 Å². The van der Waals surface area contributed by atoms with Crippen LogP contribution in [0.15, 0.2) is 0 Å². The van der Waals surface area contributed by atoms with Gasteiger partial charge in [-0.25, -0.2) is 4.39 Å². The van der Waals surface area contributed by atoms with E-state index in [0.717, 1.165) is 0 Å². The highest BCUT2D eigenvalue weighted by atomic mass is 19.1. The zero-order chi connectivity index (χ0) is 9.69. The maximum absolute atomic E-state index is 13.1. The number of carbonyl (C=O) groups excluding carboxylic acids is 1. The van der Waals surface area contributed by atoms with E-state index in [1.165, 1.54) is 0 Å². The molecule has 3 rings (SSSR count). The molecule has 0 aliphatic heterocycles. The highest BCUT2D eigenvalue weighted by molar-refractivity contribution is 5.83. The summed E-state index contributed by atoms with van der Waals surface area (Å²) in [7, 11) is 0. The third kappa shape index (κ3) is 1.08. The summed E-state index contributed by atoms with van der Waals surface area (Å²) < 4.78 is 13.1. The number of rotatable bonds is 3. The first-order valence-electron chi connectivity index (χ1n) is 4.74. The minimum atomic E-state index is -0.968. The quantitative estimate of drug-likeness (QED) is 0.668. The van der Waals surface area contributed by atoms with E-state index in [9.17, 15) is 9.18 Å². The van der Waals surface area contributed by atoms with Crippen LogP contribution in [-0.2, 0) is 4.79 Å². The van der Waals surface area contributed by atoms with Crippen LogP contribution in [0.5, 0.6) is 0 Å². The third-order valence-electron chi connectivity index (χ3n) is 3.30. The summed E-state index contributed by atoms with van der Waals surface area (Å²) in [5.74, 6) is -0.135. The van der Waals surface area contributed by atoms with Crippen molar-refractivity contribution in [1.29, 1.82) is 0 Å². The van der Waals surface area contributed by atoms with E-state index < -0.39 is 11.7 Å². The number of nitrogens with one attached hydrogen (secondary N) is 1. The van der Waals surface area contributed by atoms with E-state index in [-0.39, 0.29) is 11.3 Å². The van der Waals surface area contributed by atoms with Crippen molar-refractivity contribution in [2.75, 3.05) is 6.54 Å². The van der Waals surface area contributed by atoms with E-state index >= 15 is 0 Å². The van der Waals surface area contributed by atoms with Gasteiger partial charge in [0.05, 0.1) is 6.04 Å². The van der Waals surface area contributed by atoms with Crippen LogP contribution in [0.1, 0.15) is 26.2 Å². The largest absolute Gasteiger partial charge is 0.355 e. The van der Waals surface area contributed by atoms with E-state index in [2.05, 4.69) is 5.32 Å². The molecule has 0 spiro atoms. The second kappa shape index (κ2) is 2.44. The Bertz CT molecular complexity index is 234. The van der Waals surface area contributed by atoms with Gasteiger partial charge in [0.15, 0.2) is 0 Å². The molecule has 3 aliphatic rings. The van der Waals surface area contributed by atoms with Crippen LogP contribution in [-0.4, -0.2) is 24.2 Å². The van der Waals surface area contributed by atoms with Gasteiger partial charge in [0.1, 0.15) is 5.67 Å². The number of nitrogens with two attached hydrogens (primary N) is 1. The minimum absolute atomic E-state index is 0.135. The molecule has 3 fully saturated rings. The average Bonchev–Trinajstić information content (AvgIpc) is 1.96. The molecule has 0 aromatic rings. The smallest absolute Gasteiger partial charge is 0.237 e. The number of halogens is 1. The SMILES string of the molecule is CCNC(=O)[C@H](N)C12CC(F)(C1)C2. The Labute approximate surface area is 76.9 Å². The second-order valence-electron chi connectivity index (χ2n) is 4.42. The molecule has 0 aromatic carbocycles. The number of hydrogen-bond acceptors (Lipinski definition) is 2. The Hall–Kier alpha value is -0.640. The van der Waals surface area contributed by atoms with Crippen LogP contribution in [0, 0.1) is 5.41 Å². The van der Waals surface area contributed by atoms with Crippen LogP contribution < -0.4 is 11.1 Å². The lowest BCUT2D eigenvalue weighted by molar-refractivity contribution is -0.223. The van der Waals surface area contributed by atoms with Gasteiger partial charge in [0, 0.05) is 12.0 Å². The maximum Gasteiger partial charge on any atom is 0.237 e. The lowest BCUT2D eigenvalue weighted by Gasteiger charge is -2.67. The molecule has 0 unspecified atom stereocenters. The molecule has 3 nitrogen and oxygen atoms in total. The Morgan fingerprint density at radius 2 is 2.15 bits per heavy atom. The zero-order valence-corrected chi connectivity index (χ0v) is 7.77. The van der Waals surface area contributed by atoms with Crippen molar-refractivity contribution >= 4 is 5.91 Å². The van der Waals surface area contributed by atoms with Gasteiger partial charge in [-0.3, -0.25) is 4.79 Å². The summed E-state index contributed by atoms with van der Waals surface area (Å²) in [6.45, 7) is 2.44. The molecule has 74 valence electrons. The number of hydrogen-bond donors (Lipinski definition) is 2. The number of amides is 1. The maximum atomic E-state index is 13.1. The number of likely N-dealkylation sites (N-methyl/N-ethyl adjacent to an activating group) is 1. The van der Waals surface area contributed by atoms with Crippen molar-refractivity contribution in [3.63, 3.8) is 0 Å². The highest BCUT2D eigenvalue weighted by Crippen LogP contribution is 2.70. The van der Waals surface area contributed by atoms with Gasteiger partial charge < -0.3 is 11.1 Å². The molecule has 3 N–H and O–H groups in total. The van der Waals surface area contributed by atoms with Gasteiger partial charge in [-0.15, -0.1) is 0 Å². The normalized spacial score (nSPS) is 43.0. The van der Waals surface area contributed by atoms with E-state index in [4.69, 9.17) is 5.73 Å². The lowest BCUT2D eigenvalue weighted by Crippen LogP contribution is -2.73. The summed E-state index contributed by atoms with van der Waals surface area (Å²) in [4.78, 5) is 11.4. The van der Waals surface area contributed by atoms with Gasteiger partial charge in [-0.2, -0.15) is 0 Å². The first kappa shape index (κ1) is 8.94. The molecular weight excluding hydrogens is 171 g/mol. The van der Waals surface area contributed by atoms with Crippen LogP contribution in [0.25, 0.3) is 0 Å². The average molecular weight is 186 g/mol. The van der Waals surface area contributed by atoms with Gasteiger partial charge in [-0.1, -0.05) is 0 Å². The summed E-state index contributed by atoms with van der Waals surface area (Å²) in [5, 5.41) is 2.67. The van der Waals surface area contributed by atoms with Crippen molar-refractivity contribution in [2.24, 2.45) is 11.1 Å². The monoisotopic (exact) mass is 186 g/mol. The summed E-state index contributed by atoms with van der Waals surface area (Å²) >= 11 is 0. The summed E-state index contributed by atoms with van der Waals surface area (Å²) in [5.41, 5.74) is 4.59. The molecule has 0 heterocycles. The van der Waals surface area contributed by atoms with Gasteiger partial charge in [0.2, 0.25) is 5.91 Å². The molecule has 1 amide bonds. The van der Waals surface area contributed by atoms with E-state index in [1.54, 1.807) is 0 Å². The number of alkyl halides is 1. The predicted molar refractivity (Wildman–Crippen MR) is 46.8 cm³/mol.